The van der Waals surface area contributed by atoms with E-state index in [-0.39, 0.29) is 30.3 Å². The Morgan fingerprint density at radius 3 is 2.55 bits per heavy atom. The molecule has 7 nitrogen and oxygen atoms in total. The summed E-state index contributed by atoms with van der Waals surface area (Å²) in [6, 6.07) is 13.5. The lowest BCUT2D eigenvalue weighted by atomic mass is 9.95. The van der Waals surface area contributed by atoms with Gasteiger partial charge < -0.3 is 15.1 Å². The molecule has 7 heteroatoms. The van der Waals surface area contributed by atoms with Gasteiger partial charge >= 0.3 is 0 Å². The number of amides is 3. The second-order valence-electron chi connectivity index (χ2n) is 9.12. The number of hydrogen-bond acceptors (Lipinski definition) is 4. The molecule has 1 fully saturated rings. The lowest BCUT2D eigenvalue weighted by Gasteiger charge is -2.45. The van der Waals surface area contributed by atoms with Gasteiger partial charge in [0.25, 0.3) is 5.91 Å². The van der Waals surface area contributed by atoms with Crippen LogP contribution in [0.5, 0.6) is 0 Å². The average molecular weight is 449 g/mol. The lowest BCUT2D eigenvalue weighted by molar-refractivity contribution is -0.124. The number of benzene rings is 2. The minimum Gasteiger partial charge on any atom is -0.358 e. The smallest absolute Gasteiger partial charge is 0.253 e. The highest BCUT2D eigenvalue weighted by atomic mass is 16.2. The van der Waals surface area contributed by atoms with E-state index >= 15 is 0 Å². The van der Waals surface area contributed by atoms with Crippen molar-refractivity contribution in [3.05, 3.63) is 59.2 Å². The van der Waals surface area contributed by atoms with Gasteiger partial charge in [0.15, 0.2) is 0 Å². The van der Waals surface area contributed by atoms with Crippen LogP contribution >= 0.6 is 0 Å². The van der Waals surface area contributed by atoms with Crippen molar-refractivity contribution in [2.75, 3.05) is 43.5 Å². The van der Waals surface area contributed by atoms with E-state index in [1.165, 1.54) is 10.5 Å². The zero-order chi connectivity index (χ0) is 23.5. The van der Waals surface area contributed by atoms with E-state index in [1.54, 1.807) is 25.1 Å². The Bertz CT molecular complexity index is 1050. The van der Waals surface area contributed by atoms with Gasteiger partial charge in [-0.05, 0) is 56.4 Å². The largest absolute Gasteiger partial charge is 0.358 e. The molecule has 1 saturated heterocycles. The van der Waals surface area contributed by atoms with E-state index in [0.717, 1.165) is 43.5 Å². The van der Waals surface area contributed by atoms with Crippen LogP contribution in [0.1, 0.15) is 40.7 Å². The van der Waals surface area contributed by atoms with Gasteiger partial charge in [-0.25, -0.2) is 0 Å². The molecule has 0 saturated carbocycles. The van der Waals surface area contributed by atoms with E-state index in [0.29, 0.717) is 17.8 Å². The van der Waals surface area contributed by atoms with E-state index in [9.17, 15) is 14.4 Å². The van der Waals surface area contributed by atoms with Crippen LogP contribution in [0.25, 0.3) is 0 Å². The van der Waals surface area contributed by atoms with Crippen LogP contribution in [0.4, 0.5) is 11.4 Å². The van der Waals surface area contributed by atoms with Crippen molar-refractivity contribution in [1.82, 2.24) is 10.2 Å². The van der Waals surface area contributed by atoms with Gasteiger partial charge in [-0.15, -0.1) is 0 Å². The molecule has 2 aliphatic rings. The molecule has 2 heterocycles. The fraction of sp³-hybridized carbons (Fsp3) is 0.423. The van der Waals surface area contributed by atoms with Crippen molar-refractivity contribution in [2.24, 2.45) is 0 Å². The summed E-state index contributed by atoms with van der Waals surface area (Å²) in [6.07, 6.45) is 3.54. The number of nitrogens with one attached hydrogen (secondary N) is 1. The number of anilines is 2. The molecule has 0 spiro atoms. The summed E-state index contributed by atoms with van der Waals surface area (Å²) < 4.78 is 0. The number of aryl methyl sites for hydroxylation is 1. The summed E-state index contributed by atoms with van der Waals surface area (Å²) in [4.78, 5) is 44.0. The summed E-state index contributed by atoms with van der Waals surface area (Å²) in [5.74, 6) is -0.395. The Morgan fingerprint density at radius 1 is 1.06 bits per heavy atom. The summed E-state index contributed by atoms with van der Waals surface area (Å²) in [7, 11) is 3.40. The fourth-order valence-electron chi connectivity index (χ4n) is 4.61. The van der Waals surface area contributed by atoms with Gasteiger partial charge in [-0.2, -0.15) is 0 Å². The molecule has 0 aromatic heterocycles. The van der Waals surface area contributed by atoms with Crippen LogP contribution in [0.2, 0.25) is 0 Å². The SMILES string of the molecule is Cc1ccc(CCNC(=O)CN2C(=O)[C@H]3CCCCN3c3ccc(C(=O)N(C)C)cc32)cc1. The normalized spacial score (nSPS) is 17.3. The van der Waals surface area contributed by atoms with Gasteiger partial charge in [-0.1, -0.05) is 29.8 Å². The molecule has 1 atom stereocenters. The molecule has 0 radical (unpaired) electrons. The number of hydrogen-bond donors (Lipinski definition) is 1. The third-order valence-electron chi connectivity index (χ3n) is 6.44. The first-order valence-electron chi connectivity index (χ1n) is 11.6. The van der Waals surface area contributed by atoms with E-state index < -0.39 is 0 Å². The standard InChI is InChI=1S/C26H32N4O3/c1-18-7-9-19(10-8-18)13-14-27-24(31)17-30-23-16-20(25(32)28(2)3)11-12-21(23)29-15-5-4-6-22(29)26(30)33/h7-12,16,22H,4-6,13-15,17H2,1-3H3,(H,27,31)/t22-/m1/s1. The molecule has 0 bridgehead atoms. The van der Waals surface area contributed by atoms with Gasteiger partial charge in [-0.3, -0.25) is 19.3 Å². The van der Waals surface area contributed by atoms with Crippen LogP contribution in [0.15, 0.2) is 42.5 Å². The Kier molecular flexibility index (Phi) is 6.67. The highest BCUT2D eigenvalue weighted by Gasteiger charge is 2.40. The van der Waals surface area contributed by atoms with E-state index in [4.69, 9.17) is 0 Å². The first-order chi connectivity index (χ1) is 15.8. The van der Waals surface area contributed by atoms with Gasteiger partial charge in [0.2, 0.25) is 11.8 Å². The highest BCUT2D eigenvalue weighted by molar-refractivity contribution is 6.09. The lowest BCUT2D eigenvalue weighted by Crippen LogP contribution is -2.57. The van der Waals surface area contributed by atoms with Crippen LogP contribution in [-0.2, 0) is 16.0 Å². The Labute approximate surface area is 195 Å². The summed E-state index contributed by atoms with van der Waals surface area (Å²) in [6.45, 7) is 3.31. The van der Waals surface area contributed by atoms with Crippen LogP contribution in [0, 0.1) is 6.92 Å². The zero-order valence-corrected chi connectivity index (χ0v) is 19.6. The van der Waals surface area contributed by atoms with Crippen LogP contribution in [-0.4, -0.2) is 62.4 Å². The summed E-state index contributed by atoms with van der Waals surface area (Å²) >= 11 is 0. The van der Waals surface area contributed by atoms with Crippen LogP contribution < -0.4 is 15.1 Å². The second kappa shape index (κ2) is 9.65. The molecular formula is C26H32N4O3. The summed E-state index contributed by atoms with van der Waals surface area (Å²) in [5, 5.41) is 2.95. The van der Waals surface area contributed by atoms with Gasteiger partial charge in [0, 0.05) is 32.7 Å². The molecular weight excluding hydrogens is 416 g/mol. The predicted molar refractivity (Wildman–Crippen MR) is 130 cm³/mol. The summed E-state index contributed by atoms with van der Waals surface area (Å²) in [5.41, 5.74) is 4.42. The molecule has 0 unspecified atom stereocenters. The third-order valence-corrected chi connectivity index (χ3v) is 6.44. The van der Waals surface area contributed by atoms with Crippen molar-refractivity contribution < 1.29 is 14.4 Å². The van der Waals surface area contributed by atoms with Crippen molar-refractivity contribution in [3.63, 3.8) is 0 Å². The van der Waals surface area contributed by atoms with Crippen molar-refractivity contribution in [1.29, 1.82) is 0 Å². The number of nitrogens with zero attached hydrogens (tertiary/aromatic N) is 3. The molecule has 4 rings (SSSR count). The molecule has 33 heavy (non-hydrogen) atoms. The zero-order valence-electron chi connectivity index (χ0n) is 19.6. The molecule has 174 valence electrons. The maximum Gasteiger partial charge on any atom is 0.253 e. The molecule has 2 aromatic rings. The number of rotatable bonds is 6. The van der Waals surface area contributed by atoms with Crippen LogP contribution in [0.3, 0.4) is 0 Å². The highest BCUT2D eigenvalue weighted by Crippen LogP contribution is 2.40. The maximum atomic E-state index is 13.4. The quantitative estimate of drug-likeness (QED) is 0.738. The molecule has 2 aromatic carbocycles. The number of carbonyl (C=O) groups is 3. The third kappa shape index (κ3) is 4.87. The maximum absolute atomic E-state index is 13.4. The number of fused-ring (bicyclic) bond motifs is 3. The first-order valence-corrected chi connectivity index (χ1v) is 11.6. The Balaban J connectivity index is 1.52. The van der Waals surface area contributed by atoms with Gasteiger partial charge in [0.1, 0.15) is 12.6 Å². The minimum atomic E-state index is -0.248. The van der Waals surface area contributed by atoms with Gasteiger partial charge in [0.05, 0.1) is 11.4 Å². The van der Waals surface area contributed by atoms with Crippen molar-refractivity contribution in [3.8, 4) is 0 Å². The first kappa shape index (κ1) is 22.8. The topological polar surface area (TPSA) is 73.0 Å². The van der Waals surface area contributed by atoms with E-state index in [2.05, 4.69) is 34.5 Å². The Hall–Kier alpha value is -3.35. The van der Waals surface area contributed by atoms with Crippen molar-refractivity contribution >= 4 is 29.1 Å². The molecule has 3 amide bonds. The molecule has 2 aliphatic heterocycles. The number of carbonyl (C=O) groups excluding carboxylic acids is 3. The predicted octanol–water partition coefficient (Wildman–Crippen LogP) is 2.76. The fourth-order valence-corrected chi connectivity index (χ4v) is 4.61. The second-order valence-corrected chi connectivity index (χ2v) is 9.12. The molecule has 1 N–H and O–H groups in total. The Morgan fingerprint density at radius 2 is 1.82 bits per heavy atom. The van der Waals surface area contributed by atoms with E-state index in [1.807, 2.05) is 19.1 Å². The minimum absolute atomic E-state index is 0.0519. The molecule has 0 aliphatic carbocycles. The van der Waals surface area contributed by atoms with Crippen molar-refractivity contribution in [2.45, 2.75) is 38.6 Å². The monoisotopic (exact) mass is 448 g/mol. The average Bonchev–Trinajstić information content (AvgIpc) is 2.82. The number of piperidine rings is 1.